The largest absolute Gasteiger partial charge is 0.485 e. The molecule has 2 aliphatic heterocycles. The van der Waals surface area contributed by atoms with Gasteiger partial charge in [0.05, 0.1) is 12.6 Å². The summed E-state index contributed by atoms with van der Waals surface area (Å²) in [6.45, 7) is -0.833. The maximum absolute atomic E-state index is 12.9. The number of aliphatic hydroxyl groups is 5. The maximum Gasteiger partial charge on any atom is 0.485 e. The number of hydrogen-bond acceptors (Lipinski definition) is 16. The van der Waals surface area contributed by atoms with Gasteiger partial charge in [0.2, 0.25) is 0 Å². The lowest BCUT2D eigenvalue weighted by Crippen LogP contribution is -2.62. The second-order valence-electron chi connectivity index (χ2n) is 7.57. The number of nitrogens with one attached hydrogen (secondary N) is 1. The molecule has 19 nitrogen and oxygen atoms in total. The number of rotatable bonds is 9. The first-order valence-electron chi connectivity index (χ1n) is 9.99. The highest BCUT2D eigenvalue weighted by Gasteiger charge is 2.52. The van der Waals surface area contributed by atoms with Crippen LogP contribution < -0.4 is 17.0 Å². The van der Waals surface area contributed by atoms with Crippen molar-refractivity contribution in [3.63, 3.8) is 0 Å². The first-order valence-corrected chi connectivity index (χ1v) is 13.0. The van der Waals surface area contributed by atoms with Gasteiger partial charge in [-0.3, -0.25) is 27.9 Å². The van der Waals surface area contributed by atoms with E-state index < -0.39 is 88.9 Å². The van der Waals surface area contributed by atoms with E-state index in [2.05, 4.69) is 13.4 Å². The van der Waals surface area contributed by atoms with E-state index in [0.717, 1.165) is 12.3 Å². The van der Waals surface area contributed by atoms with Crippen LogP contribution in [0.5, 0.6) is 0 Å². The molecule has 11 unspecified atom stereocenters. The number of aromatic amines is 1. The number of phosphoric ester groups is 2. The van der Waals surface area contributed by atoms with Gasteiger partial charge in [0.15, 0.2) is 18.8 Å². The fourth-order valence-corrected chi connectivity index (χ4v) is 5.82. The zero-order valence-electron chi connectivity index (χ0n) is 18.2. The molecule has 0 spiro atoms. The smallest absolute Gasteiger partial charge is 0.394 e. The molecule has 0 aliphatic carbocycles. The summed E-state index contributed by atoms with van der Waals surface area (Å²) in [5, 5.41) is 49.3. The zero-order chi connectivity index (χ0) is 27.0. The average Bonchev–Trinajstić information content (AvgIpc) is 3.07. The lowest BCUT2D eigenvalue weighted by molar-refractivity contribution is -0.242. The van der Waals surface area contributed by atoms with Crippen molar-refractivity contribution in [1.29, 1.82) is 0 Å². The molecule has 3 heterocycles. The minimum absolute atomic E-state index is 0.677. The highest BCUT2D eigenvalue weighted by Crippen LogP contribution is 2.64. The topological polar surface area (TPSA) is 292 Å². The third-order valence-electron chi connectivity index (χ3n) is 5.14. The number of hydrogen-bond donors (Lipinski definition) is 8. The molecule has 36 heavy (non-hydrogen) atoms. The Morgan fingerprint density at radius 1 is 1.06 bits per heavy atom. The molecule has 1 aromatic heterocycles. The maximum atomic E-state index is 12.9. The predicted octanol–water partition coefficient (Wildman–Crippen LogP) is -4.22. The fraction of sp³-hybridized carbons (Fsp3) is 0.733. The van der Waals surface area contributed by atoms with E-state index in [1.807, 2.05) is 4.98 Å². The van der Waals surface area contributed by atoms with Crippen molar-refractivity contribution in [3.05, 3.63) is 33.1 Å². The minimum atomic E-state index is -5.49. The molecular weight excluding hydrogens is 540 g/mol. The number of aromatic nitrogens is 2. The second kappa shape index (κ2) is 11.2. The molecule has 11 atom stereocenters. The van der Waals surface area contributed by atoms with Crippen LogP contribution in [0.25, 0.3) is 0 Å². The predicted molar refractivity (Wildman–Crippen MR) is 111 cm³/mol. The van der Waals surface area contributed by atoms with E-state index in [1.165, 1.54) is 0 Å². The highest BCUT2D eigenvalue weighted by atomic mass is 31.3. The number of aliphatic hydroxyl groups excluding tert-OH is 5. The van der Waals surface area contributed by atoms with Gasteiger partial charge in [-0.2, -0.15) is 4.31 Å². The van der Waals surface area contributed by atoms with Crippen molar-refractivity contribution >= 4 is 15.6 Å². The number of H-pyrrole nitrogens is 1. The van der Waals surface area contributed by atoms with Crippen LogP contribution >= 0.6 is 15.6 Å². The first-order chi connectivity index (χ1) is 16.7. The molecule has 3 rings (SSSR count). The van der Waals surface area contributed by atoms with Crippen molar-refractivity contribution in [3.8, 4) is 0 Å². The van der Waals surface area contributed by atoms with Gasteiger partial charge in [0, 0.05) is 19.4 Å². The van der Waals surface area contributed by atoms with Crippen LogP contribution in [0.4, 0.5) is 0 Å². The molecule has 0 bridgehead atoms. The molecule has 206 valence electrons. The summed E-state index contributed by atoms with van der Waals surface area (Å²) in [6, 6.07) is -0.711. The van der Waals surface area contributed by atoms with Gasteiger partial charge in [0.25, 0.3) is 5.56 Å². The van der Waals surface area contributed by atoms with Crippen molar-refractivity contribution < 1.29 is 66.9 Å². The number of ether oxygens (including phenoxy) is 2. The van der Waals surface area contributed by atoms with Crippen molar-refractivity contribution in [2.75, 3.05) is 13.7 Å². The molecule has 0 saturated carbocycles. The Balaban J connectivity index is 1.73. The molecule has 2 aliphatic rings. The van der Waals surface area contributed by atoms with Crippen LogP contribution in [0.15, 0.2) is 21.9 Å². The van der Waals surface area contributed by atoms with Gasteiger partial charge >= 0.3 is 21.3 Å². The average molecular weight is 565 g/mol. The minimum Gasteiger partial charge on any atom is -0.394 e. The summed E-state index contributed by atoms with van der Waals surface area (Å²) in [6.07, 6.45) is -13.5. The summed E-state index contributed by atoms with van der Waals surface area (Å²) in [5.74, 6) is 0. The van der Waals surface area contributed by atoms with E-state index >= 15 is 0 Å². The van der Waals surface area contributed by atoms with Crippen molar-refractivity contribution in [1.82, 2.24) is 9.55 Å². The Hall–Kier alpha value is -1.38. The molecule has 0 amide bonds. The van der Waals surface area contributed by atoms with Gasteiger partial charge in [-0.25, -0.2) is 13.9 Å². The van der Waals surface area contributed by atoms with Gasteiger partial charge < -0.3 is 45.6 Å². The van der Waals surface area contributed by atoms with Crippen LogP contribution in [0.2, 0.25) is 0 Å². The number of nitrogens with two attached hydrogens (primary N) is 1. The van der Waals surface area contributed by atoms with Crippen LogP contribution in [0.1, 0.15) is 6.23 Å². The Morgan fingerprint density at radius 3 is 2.31 bits per heavy atom. The first kappa shape index (κ1) is 29.2. The van der Waals surface area contributed by atoms with Crippen molar-refractivity contribution in [2.24, 2.45) is 5.73 Å². The monoisotopic (exact) mass is 565 g/mol. The van der Waals surface area contributed by atoms with E-state index in [-0.39, 0.29) is 0 Å². The number of phosphoric acid groups is 2. The summed E-state index contributed by atoms with van der Waals surface area (Å²) in [5.41, 5.74) is 3.81. The van der Waals surface area contributed by atoms with Gasteiger partial charge in [-0.15, -0.1) is 0 Å². The standard InChI is InChI=1S/C15H25N3O16P2/c1-29-36(28,34-35(26,27)32-13-7(16)9(22)8(21)5(4-19)30-13)33-14-11(24)10(23)12(31-14)18-3-2-6(20)17-15(18)25/h2-3,5,7-14,19,21-24H,4,16H2,1H3,(H,26,27)(H,17,20,25). The Morgan fingerprint density at radius 2 is 1.72 bits per heavy atom. The normalized spacial score (nSPS) is 38.4. The van der Waals surface area contributed by atoms with Crippen LogP contribution in [-0.2, 0) is 36.5 Å². The van der Waals surface area contributed by atoms with E-state index in [9.17, 15) is 49.1 Å². The third-order valence-corrected chi connectivity index (χ3v) is 8.16. The molecule has 9 N–H and O–H groups in total. The SMILES string of the molecule is COP(=O)(OC1OC(n2ccc(=O)[nH]c2=O)C(O)C1O)OP(=O)(O)OC1OC(CO)C(O)C(O)C1N. The Kier molecular flexibility index (Phi) is 9.05. The summed E-state index contributed by atoms with van der Waals surface area (Å²) in [4.78, 5) is 35.1. The molecule has 21 heteroatoms. The zero-order valence-corrected chi connectivity index (χ0v) is 20.0. The fourth-order valence-electron chi connectivity index (χ4n) is 3.27. The van der Waals surface area contributed by atoms with Crippen molar-refractivity contribution in [2.45, 2.75) is 55.4 Å². The lowest BCUT2D eigenvalue weighted by Gasteiger charge is -2.40. The quantitative estimate of drug-likeness (QED) is 0.132. The lowest BCUT2D eigenvalue weighted by atomic mass is 9.98. The summed E-state index contributed by atoms with van der Waals surface area (Å²) in [7, 11) is -9.92. The molecule has 0 aromatic carbocycles. The Bertz CT molecular complexity index is 1130. The molecule has 1 aromatic rings. The van der Waals surface area contributed by atoms with E-state index in [1.54, 1.807) is 0 Å². The second-order valence-corrected chi connectivity index (χ2v) is 10.8. The molecule has 0 radical (unpaired) electrons. The summed E-state index contributed by atoms with van der Waals surface area (Å²) < 4.78 is 54.7. The van der Waals surface area contributed by atoms with E-state index in [0.29, 0.717) is 11.7 Å². The highest BCUT2D eigenvalue weighted by molar-refractivity contribution is 7.61. The third kappa shape index (κ3) is 6.18. The van der Waals surface area contributed by atoms with Crippen LogP contribution in [0, 0.1) is 0 Å². The Labute approximate surface area is 200 Å². The molecular formula is C15H25N3O16P2. The van der Waals surface area contributed by atoms with Gasteiger partial charge in [-0.1, -0.05) is 0 Å². The van der Waals surface area contributed by atoms with Gasteiger partial charge in [0.1, 0.15) is 30.5 Å². The number of nitrogens with zero attached hydrogens (tertiary/aromatic N) is 1. The molecule has 2 saturated heterocycles. The summed E-state index contributed by atoms with van der Waals surface area (Å²) >= 11 is 0. The van der Waals surface area contributed by atoms with E-state index in [4.69, 9.17) is 19.7 Å². The molecule has 2 fully saturated rings. The van der Waals surface area contributed by atoms with Gasteiger partial charge in [-0.05, 0) is 0 Å². The van der Waals surface area contributed by atoms with Crippen LogP contribution in [0.3, 0.4) is 0 Å². The van der Waals surface area contributed by atoms with Crippen LogP contribution in [-0.4, -0.2) is 103 Å².